The quantitative estimate of drug-likeness (QED) is 0.738. The van der Waals surface area contributed by atoms with Crippen molar-refractivity contribution >= 4 is 23.2 Å². The van der Waals surface area contributed by atoms with Gasteiger partial charge in [0.25, 0.3) is 5.91 Å². The van der Waals surface area contributed by atoms with E-state index in [1.165, 1.54) is 0 Å². The molecule has 132 valence electrons. The van der Waals surface area contributed by atoms with E-state index in [2.05, 4.69) is 10.5 Å². The van der Waals surface area contributed by atoms with Crippen LogP contribution < -0.4 is 10.1 Å². The molecule has 1 N–H and O–H groups in total. The van der Waals surface area contributed by atoms with Crippen LogP contribution in [0, 0.1) is 6.92 Å². The van der Waals surface area contributed by atoms with Gasteiger partial charge in [-0.25, -0.2) is 0 Å². The molecule has 3 aromatic rings. The molecule has 1 aliphatic heterocycles. The van der Waals surface area contributed by atoms with E-state index in [9.17, 15) is 4.79 Å². The third-order valence-corrected chi connectivity index (χ3v) is 4.41. The fourth-order valence-corrected chi connectivity index (χ4v) is 3.05. The molecule has 0 radical (unpaired) electrons. The topological polar surface area (TPSA) is 73.6 Å². The number of fused-ring (bicyclic) bond motifs is 1. The monoisotopic (exact) mass is 370 g/mol. The van der Waals surface area contributed by atoms with E-state index in [-0.39, 0.29) is 12.7 Å². The second kappa shape index (κ2) is 6.82. The second-order valence-corrected chi connectivity index (χ2v) is 6.25. The Labute approximate surface area is 154 Å². The molecule has 0 unspecified atom stereocenters. The summed E-state index contributed by atoms with van der Waals surface area (Å²) in [5.41, 5.74) is 2.97. The summed E-state index contributed by atoms with van der Waals surface area (Å²) in [4.78, 5) is 12.9. The van der Waals surface area contributed by atoms with Crippen LogP contribution in [0.3, 0.4) is 0 Å². The number of anilines is 1. The molecule has 2 heterocycles. The van der Waals surface area contributed by atoms with Gasteiger partial charge < -0.3 is 19.3 Å². The van der Waals surface area contributed by atoms with Gasteiger partial charge in [-0.05, 0) is 37.3 Å². The van der Waals surface area contributed by atoms with Crippen molar-refractivity contribution in [2.45, 2.75) is 13.5 Å². The number of nitrogens with zero attached hydrogens (tertiary/aromatic N) is 1. The van der Waals surface area contributed by atoms with E-state index in [1.807, 2.05) is 24.3 Å². The first-order chi connectivity index (χ1) is 12.6. The number of ether oxygens (including phenoxy) is 2. The number of hydrogen-bond acceptors (Lipinski definition) is 5. The van der Waals surface area contributed by atoms with Crippen LogP contribution in [0.4, 0.5) is 5.69 Å². The number of nitrogens with one attached hydrogen (secondary N) is 1. The molecule has 1 amide bonds. The maximum atomic E-state index is 12.9. The predicted molar refractivity (Wildman–Crippen MR) is 96.4 cm³/mol. The van der Waals surface area contributed by atoms with Gasteiger partial charge in [0, 0.05) is 16.8 Å². The maximum absolute atomic E-state index is 12.9. The Bertz CT molecular complexity index is 983. The molecule has 0 atom stereocenters. The highest BCUT2D eigenvalue weighted by Crippen LogP contribution is 2.33. The minimum atomic E-state index is -0.323. The molecule has 0 aliphatic carbocycles. The summed E-state index contributed by atoms with van der Waals surface area (Å²) >= 11 is 6.24. The summed E-state index contributed by atoms with van der Waals surface area (Å²) in [6, 6.07) is 12.6. The Kier molecular flexibility index (Phi) is 4.36. The Hall–Kier alpha value is -2.83. The maximum Gasteiger partial charge on any atom is 0.261 e. The highest BCUT2D eigenvalue weighted by Gasteiger charge is 2.23. The molecule has 1 aliphatic rings. The molecule has 2 aromatic carbocycles. The summed E-state index contributed by atoms with van der Waals surface area (Å²) in [6.45, 7) is 2.39. The molecule has 0 saturated heterocycles. The molecule has 6 nitrogen and oxygen atoms in total. The molecule has 0 spiro atoms. The normalized spacial score (nSPS) is 13.0. The summed E-state index contributed by atoms with van der Waals surface area (Å²) in [5, 5.41) is 7.29. The first-order valence-corrected chi connectivity index (χ1v) is 8.37. The number of carbonyl (C=O) groups excluding carboxylic acids is 1. The number of aryl methyl sites for hydroxylation is 1. The predicted octanol–water partition coefficient (Wildman–Crippen LogP) is 4.42. The molecule has 26 heavy (non-hydrogen) atoms. The summed E-state index contributed by atoms with van der Waals surface area (Å²) < 4.78 is 16.0. The van der Waals surface area contributed by atoms with Crippen LogP contribution in [0.25, 0.3) is 11.3 Å². The van der Waals surface area contributed by atoms with Crippen LogP contribution in [-0.4, -0.2) is 17.9 Å². The van der Waals surface area contributed by atoms with Gasteiger partial charge in [0.05, 0.1) is 17.3 Å². The average Bonchev–Trinajstić information content (AvgIpc) is 3.03. The van der Waals surface area contributed by atoms with E-state index in [0.717, 1.165) is 11.3 Å². The zero-order valence-electron chi connectivity index (χ0n) is 13.9. The van der Waals surface area contributed by atoms with E-state index in [0.29, 0.717) is 39.9 Å². The van der Waals surface area contributed by atoms with E-state index < -0.39 is 0 Å². The van der Waals surface area contributed by atoms with Gasteiger partial charge in [-0.3, -0.25) is 4.79 Å². The second-order valence-electron chi connectivity index (χ2n) is 5.84. The summed E-state index contributed by atoms with van der Waals surface area (Å²) in [7, 11) is 0. The lowest BCUT2D eigenvalue weighted by atomic mass is 10.1. The number of hydrogen-bond donors (Lipinski definition) is 1. The van der Waals surface area contributed by atoms with Crippen molar-refractivity contribution in [1.82, 2.24) is 5.16 Å². The van der Waals surface area contributed by atoms with Crippen LogP contribution in [0.5, 0.6) is 5.75 Å². The van der Waals surface area contributed by atoms with Gasteiger partial charge in [-0.2, -0.15) is 0 Å². The summed E-state index contributed by atoms with van der Waals surface area (Å²) in [5.74, 6) is 0.777. The highest BCUT2D eigenvalue weighted by molar-refractivity contribution is 6.33. The molecule has 0 fully saturated rings. The third-order valence-electron chi connectivity index (χ3n) is 4.08. The van der Waals surface area contributed by atoms with Gasteiger partial charge in [0.2, 0.25) is 0 Å². The number of aromatic nitrogens is 1. The fraction of sp³-hybridized carbons (Fsp3) is 0.158. The molecular formula is C19H15ClN2O4. The number of carbonyl (C=O) groups is 1. The van der Waals surface area contributed by atoms with E-state index in [1.54, 1.807) is 25.1 Å². The lowest BCUT2D eigenvalue weighted by molar-refractivity contribution is -0.0163. The molecule has 0 bridgehead atoms. The zero-order chi connectivity index (χ0) is 18.1. The summed E-state index contributed by atoms with van der Waals surface area (Å²) in [6.07, 6.45) is 0. The Morgan fingerprint density at radius 3 is 2.92 bits per heavy atom. The van der Waals surface area contributed by atoms with Crippen LogP contribution in [0.2, 0.25) is 5.02 Å². The zero-order valence-corrected chi connectivity index (χ0v) is 14.7. The first-order valence-electron chi connectivity index (χ1n) is 7.99. The van der Waals surface area contributed by atoms with Crippen molar-refractivity contribution in [1.29, 1.82) is 0 Å². The average molecular weight is 371 g/mol. The van der Waals surface area contributed by atoms with E-state index >= 15 is 0 Å². The molecule has 0 saturated carbocycles. The van der Waals surface area contributed by atoms with E-state index in [4.69, 9.17) is 25.6 Å². The molecular weight excluding hydrogens is 356 g/mol. The van der Waals surface area contributed by atoms with Crippen LogP contribution in [0.15, 0.2) is 47.0 Å². The van der Waals surface area contributed by atoms with Crippen molar-refractivity contribution in [3.63, 3.8) is 0 Å². The van der Waals surface area contributed by atoms with Crippen molar-refractivity contribution in [2.24, 2.45) is 0 Å². The molecule has 7 heteroatoms. The van der Waals surface area contributed by atoms with Crippen LogP contribution in [-0.2, 0) is 11.3 Å². The van der Waals surface area contributed by atoms with Gasteiger partial charge in [0.1, 0.15) is 11.3 Å². The number of amides is 1. The van der Waals surface area contributed by atoms with Crippen molar-refractivity contribution < 1.29 is 18.8 Å². The SMILES string of the molecule is Cc1noc(-c2ccccc2Cl)c1C(=O)Nc1ccc2c(c1)COCO2. The lowest BCUT2D eigenvalue weighted by Gasteiger charge is -2.18. The Morgan fingerprint density at radius 1 is 1.23 bits per heavy atom. The van der Waals surface area contributed by atoms with Crippen molar-refractivity contribution in [3.05, 3.63) is 64.3 Å². The highest BCUT2D eigenvalue weighted by atomic mass is 35.5. The lowest BCUT2D eigenvalue weighted by Crippen LogP contribution is -2.15. The van der Waals surface area contributed by atoms with Crippen molar-refractivity contribution in [2.75, 3.05) is 12.1 Å². The largest absolute Gasteiger partial charge is 0.467 e. The van der Waals surface area contributed by atoms with Gasteiger partial charge in [0.15, 0.2) is 12.6 Å². The standard InChI is InChI=1S/C19H15ClN2O4/c1-11-17(18(26-22-11)14-4-2-3-5-15(14)20)19(23)21-13-6-7-16-12(8-13)9-24-10-25-16/h2-8H,9-10H2,1H3,(H,21,23). The van der Waals surface area contributed by atoms with Crippen LogP contribution >= 0.6 is 11.6 Å². The first kappa shape index (κ1) is 16.6. The molecule has 1 aromatic heterocycles. The van der Waals surface area contributed by atoms with Gasteiger partial charge in [-0.15, -0.1) is 0 Å². The minimum Gasteiger partial charge on any atom is -0.467 e. The van der Waals surface area contributed by atoms with Crippen LogP contribution in [0.1, 0.15) is 21.6 Å². The van der Waals surface area contributed by atoms with Crippen molar-refractivity contribution in [3.8, 4) is 17.1 Å². The Balaban J connectivity index is 1.65. The minimum absolute atomic E-state index is 0.236. The number of halogens is 1. The smallest absolute Gasteiger partial charge is 0.261 e. The Morgan fingerprint density at radius 2 is 2.08 bits per heavy atom. The van der Waals surface area contributed by atoms with Gasteiger partial charge >= 0.3 is 0 Å². The number of benzene rings is 2. The fourth-order valence-electron chi connectivity index (χ4n) is 2.83. The number of rotatable bonds is 3. The third kappa shape index (κ3) is 3.05. The van der Waals surface area contributed by atoms with Gasteiger partial charge in [-0.1, -0.05) is 28.9 Å². The molecule has 4 rings (SSSR count).